The van der Waals surface area contributed by atoms with E-state index in [0.717, 1.165) is 10.0 Å². The van der Waals surface area contributed by atoms with Gasteiger partial charge in [-0.25, -0.2) is 0 Å². The van der Waals surface area contributed by atoms with Gasteiger partial charge in [0.15, 0.2) is 23.9 Å². The lowest BCUT2D eigenvalue weighted by Crippen LogP contribution is -2.33. The zero-order valence-corrected chi connectivity index (χ0v) is 14.2. The van der Waals surface area contributed by atoms with E-state index in [1.165, 1.54) is 15.9 Å². The number of carbonyl (C=O) groups excluding carboxylic acids is 1. The van der Waals surface area contributed by atoms with Crippen LogP contribution in [0.15, 0.2) is 77.3 Å². The summed E-state index contributed by atoms with van der Waals surface area (Å²) in [5.41, 5.74) is 0.880. The number of Topliss-reactive ketones (excluding diaryl/α,β-unsaturated/α-hetero) is 1. The van der Waals surface area contributed by atoms with Crippen LogP contribution in [0, 0.1) is 5.92 Å². The molecule has 2 aliphatic rings. The number of hydrogen-bond donors (Lipinski definition) is 0. The van der Waals surface area contributed by atoms with E-state index in [1.54, 1.807) is 0 Å². The fourth-order valence-electron chi connectivity index (χ4n) is 3.03. The molecule has 0 aromatic heterocycles. The van der Waals surface area contributed by atoms with Crippen LogP contribution < -0.4 is 10.6 Å². The van der Waals surface area contributed by atoms with Gasteiger partial charge >= 0.3 is 0 Å². The highest BCUT2D eigenvalue weighted by Crippen LogP contribution is 2.37. The summed E-state index contributed by atoms with van der Waals surface area (Å²) in [4.78, 5) is 12.8. The molecule has 1 heterocycles. The SMILES string of the molecule is O=C1c2ccccc2[P+](c2ccc(Br)cc2)=C2C=CC=CC12. The van der Waals surface area contributed by atoms with Crippen molar-refractivity contribution in [1.29, 1.82) is 0 Å². The summed E-state index contributed by atoms with van der Waals surface area (Å²) in [6, 6.07) is 16.6. The number of benzene rings is 2. The average Bonchev–Trinajstić information content (AvgIpc) is 2.57. The molecule has 3 heteroatoms. The highest BCUT2D eigenvalue weighted by atomic mass is 79.9. The summed E-state index contributed by atoms with van der Waals surface area (Å²) in [7, 11) is -0.642. The van der Waals surface area contributed by atoms with Crippen LogP contribution in [-0.4, -0.2) is 11.1 Å². The lowest BCUT2D eigenvalue weighted by Gasteiger charge is -2.19. The first-order chi connectivity index (χ1) is 10.8. The first kappa shape index (κ1) is 13.9. The van der Waals surface area contributed by atoms with Gasteiger partial charge in [0.1, 0.15) is 11.2 Å². The summed E-state index contributed by atoms with van der Waals surface area (Å²) in [6.45, 7) is 0. The Kier molecular flexibility index (Phi) is 3.44. The quantitative estimate of drug-likeness (QED) is 0.696. The number of halogens is 1. The standard InChI is InChI=1S/C19H13BrOP/c20-13-9-11-14(12-10-13)22-17-7-3-1-5-15(17)19(21)16-6-2-4-8-18(16)22/h1-12,15H/q+1. The molecule has 22 heavy (non-hydrogen) atoms. The van der Waals surface area contributed by atoms with Crippen LogP contribution in [0.4, 0.5) is 0 Å². The topological polar surface area (TPSA) is 17.1 Å². The minimum Gasteiger partial charge on any atom is -0.293 e. The normalized spacial score (nSPS) is 20.8. The van der Waals surface area contributed by atoms with Crippen LogP contribution in [0.2, 0.25) is 0 Å². The predicted octanol–water partition coefficient (Wildman–Crippen LogP) is 3.99. The summed E-state index contributed by atoms with van der Waals surface area (Å²) in [5, 5.41) is 3.71. The van der Waals surface area contributed by atoms with Gasteiger partial charge in [-0.3, -0.25) is 4.79 Å². The van der Waals surface area contributed by atoms with Gasteiger partial charge in [-0.1, -0.05) is 46.3 Å². The Bertz CT molecular complexity index is 859. The van der Waals surface area contributed by atoms with E-state index >= 15 is 0 Å². The Morgan fingerprint density at radius 1 is 0.955 bits per heavy atom. The molecule has 2 unspecified atom stereocenters. The average molecular weight is 368 g/mol. The Morgan fingerprint density at radius 2 is 1.73 bits per heavy atom. The number of rotatable bonds is 1. The summed E-state index contributed by atoms with van der Waals surface area (Å²) < 4.78 is 1.08. The van der Waals surface area contributed by atoms with Crippen LogP contribution in [-0.2, 0) is 0 Å². The van der Waals surface area contributed by atoms with E-state index in [-0.39, 0.29) is 11.7 Å². The molecule has 2 aromatic carbocycles. The van der Waals surface area contributed by atoms with Crippen molar-refractivity contribution < 1.29 is 4.79 Å². The van der Waals surface area contributed by atoms with Crippen molar-refractivity contribution in [3.05, 3.63) is 82.9 Å². The van der Waals surface area contributed by atoms with E-state index in [0.29, 0.717) is 0 Å². The molecule has 1 aliphatic heterocycles. The smallest absolute Gasteiger partial charge is 0.182 e. The molecule has 4 rings (SSSR count). The third-order valence-corrected chi connectivity index (χ3v) is 7.19. The van der Waals surface area contributed by atoms with Gasteiger partial charge < -0.3 is 0 Å². The van der Waals surface area contributed by atoms with Crippen molar-refractivity contribution in [3.8, 4) is 0 Å². The maximum Gasteiger partial charge on any atom is 0.182 e. The van der Waals surface area contributed by atoms with Gasteiger partial charge in [0.2, 0.25) is 0 Å². The third kappa shape index (κ3) is 2.15. The van der Waals surface area contributed by atoms with E-state index in [2.05, 4.69) is 52.3 Å². The molecule has 0 amide bonds. The Hall–Kier alpha value is -1.76. The maximum atomic E-state index is 12.8. The van der Waals surface area contributed by atoms with Crippen LogP contribution >= 0.6 is 23.5 Å². The van der Waals surface area contributed by atoms with E-state index < -0.39 is 7.55 Å². The predicted molar refractivity (Wildman–Crippen MR) is 97.9 cm³/mol. The molecule has 0 fully saturated rings. The zero-order chi connectivity index (χ0) is 15.1. The Labute approximate surface area is 138 Å². The molecule has 0 spiro atoms. The van der Waals surface area contributed by atoms with Crippen molar-refractivity contribution in [2.24, 2.45) is 5.92 Å². The van der Waals surface area contributed by atoms with Gasteiger partial charge in [-0.15, -0.1) is 0 Å². The minimum absolute atomic E-state index is 0.102. The molecule has 0 radical (unpaired) electrons. The molecule has 0 N–H and O–H groups in total. The van der Waals surface area contributed by atoms with Gasteiger partial charge in [0, 0.05) is 4.47 Å². The Morgan fingerprint density at radius 3 is 2.55 bits per heavy atom. The third-order valence-electron chi connectivity index (χ3n) is 4.04. The van der Waals surface area contributed by atoms with Crippen LogP contribution in [0.5, 0.6) is 0 Å². The molecule has 1 nitrogen and oxygen atoms in total. The number of allylic oxidation sites excluding steroid dienone is 4. The first-order valence-corrected chi connectivity index (χ1v) is 9.30. The second-order valence-electron chi connectivity index (χ2n) is 5.34. The fourth-order valence-corrected chi connectivity index (χ4v) is 5.97. The molecular weight excluding hydrogens is 355 g/mol. The molecule has 0 saturated heterocycles. The highest BCUT2D eigenvalue weighted by molar-refractivity contribution is 9.10. The molecule has 2 aromatic rings. The second kappa shape index (κ2) is 5.46. The number of ketones is 1. The van der Waals surface area contributed by atoms with Crippen LogP contribution in [0.3, 0.4) is 0 Å². The van der Waals surface area contributed by atoms with Gasteiger partial charge in [0.25, 0.3) is 0 Å². The first-order valence-electron chi connectivity index (χ1n) is 7.16. The lowest BCUT2D eigenvalue weighted by atomic mass is 9.91. The molecule has 2 atom stereocenters. The van der Waals surface area contributed by atoms with Gasteiger partial charge in [-0.05, 0) is 42.5 Å². The van der Waals surface area contributed by atoms with Crippen molar-refractivity contribution >= 4 is 45.2 Å². The fraction of sp³-hybridized carbons (Fsp3) is 0.0526. The summed E-state index contributed by atoms with van der Waals surface area (Å²) >= 11 is 3.50. The monoisotopic (exact) mass is 367 g/mol. The molecule has 0 saturated carbocycles. The zero-order valence-electron chi connectivity index (χ0n) is 11.7. The largest absolute Gasteiger partial charge is 0.293 e. The molecular formula is C19H13BrOP+. The van der Waals surface area contributed by atoms with E-state index in [4.69, 9.17) is 0 Å². The van der Waals surface area contributed by atoms with Gasteiger partial charge in [-0.2, -0.15) is 0 Å². The molecule has 106 valence electrons. The highest BCUT2D eigenvalue weighted by Gasteiger charge is 2.41. The summed E-state index contributed by atoms with van der Waals surface area (Å²) in [6.07, 6.45) is 8.18. The van der Waals surface area contributed by atoms with Crippen molar-refractivity contribution in [2.75, 3.05) is 0 Å². The number of fused-ring (bicyclic) bond motifs is 2. The van der Waals surface area contributed by atoms with E-state index in [9.17, 15) is 4.79 Å². The number of hydrogen-bond acceptors (Lipinski definition) is 1. The molecule has 1 aliphatic carbocycles. The van der Waals surface area contributed by atoms with Crippen molar-refractivity contribution in [2.45, 2.75) is 0 Å². The van der Waals surface area contributed by atoms with Crippen molar-refractivity contribution in [3.63, 3.8) is 0 Å². The second-order valence-corrected chi connectivity index (χ2v) is 8.44. The van der Waals surface area contributed by atoms with Crippen LogP contribution in [0.1, 0.15) is 10.4 Å². The van der Waals surface area contributed by atoms with Crippen molar-refractivity contribution in [1.82, 2.24) is 0 Å². The Balaban J connectivity index is 2.03. The van der Waals surface area contributed by atoms with E-state index in [1.807, 2.05) is 36.4 Å². The number of carbonyl (C=O) groups is 1. The maximum absolute atomic E-state index is 12.8. The minimum atomic E-state index is -0.642. The van der Waals surface area contributed by atoms with Crippen LogP contribution in [0.25, 0.3) is 0 Å². The lowest BCUT2D eigenvalue weighted by molar-refractivity contribution is 0.0974. The van der Waals surface area contributed by atoms with Gasteiger partial charge in [0.05, 0.1) is 5.56 Å². The molecule has 0 bridgehead atoms. The summed E-state index contributed by atoms with van der Waals surface area (Å²) in [5.74, 6) is 0.122.